The SMILES string of the molecule is CC(C)CN(CCC(=O)OCc1ccccc1)C(=O)NC(Cc1cccc(-c2ccccc2)c1)C(=O)OCc1ccccc1. The zero-order chi connectivity index (χ0) is 31.1. The molecule has 1 unspecified atom stereocenters. The van der Waals surface area contributed by atoms with E-state index in [1.165, 1.54) is 0 Å². The third kappa shape index (κ3) is 10.4. The standard InChI is InChI=1S/C37H40N2O5/c1-28(2)25-39(22-21-35(40)43-26-29-13-6-3-7-14-29)37(42)38-34(36(41)44-27-30-15-8-4-9-16-30)24-31-17-12-20-33(23-31)32-18-10-5-11-19-32/h3-20,23,28,34H,21-22,24-27H2,1-2H3,(H,38,42). The normalized spacial score (nSPS) is 11.4. The molecule has 0 bridgehead atoms. The molecule has 0 aliphatic rings. The molecule has 7 heteroatoms. The lowest BCUT2D eigenvalue weighted by molar-refractivity contribution is -0.147. The van der Waals surface area contributed by atoms with Crippen molar-refractivity contribution in [2.75, 3.05) is 13.1 Å². The maximum atomic E-state index is 13.6. The summed E-state index contributed by atoms with van der Waals surface area (Å²) in [7, 11) is 0. The van der Waals surface area contributed by atoms with Gasteiger partial charge in [0.2, 0.25) is 0 Å². The number of hydrogen-bond donors (Lipinski definition) is 1. The Balaban J connectivity index is 1.45. The van der Waals surface area contributed by atoms with Crippen LogP contribution < -0.4 is 5.32 Å². The first-order chi connectivity index (χ1) is 21.4. The van der Waals surface area contributed by atoms with Gasteiger partial charge < -0.3 is 19.7 Å². The number of amides is 2. The van der Waals surface area contributed by atoms with Crippen LogP contribution in [0.1, 0.15) is 37.0 Å². The summed E-state index contributed by atoms with van der Waals surface area (Å²) in [5, 5.41) is 2.91. The Labute approximate surface area is 259 Å². The van der Waals surface area contributed by atoms with Gasteiger partial charge in [-0.3, -0.25) is 4.79 Å². The van der Waals surface area contributed by atoms with E-state index in [1.807, 2.05) is 129 Å². The van der Waals surface area contributed by atoms with Crippen LogP contribution in [0.4, 0.5) is 4.79 Å². The Morgan fingerprint density at radius 1 is 0.682 bits per heavy atom. The summed E-state index contributed by atoms with van der Waals surface area (Å²) in [4.78, 5) is 41.1. The van der Waals surface area contributed by atoms with E-state index in [-0.39, 0.29) is 38.5 Å². The van der Waals surface area contributed by atoms with E-state index in [0.29, 0.717) is 6.54 Å². The Kier molecular flexibility index (Phi) is 12.1. The molecule has 0 saturated heterocycles. The minimum atomic E-state index is -0.933. The molecule has 2 amide bonds. The van der Waals surface area contributed by atoms with Gasteiger partial charge in [0.15, 0.2) is 0 Å². The molecular weight excluding hydrogens is 552 g/mol. The quantitative estimate of drug-likeness (QED) is 0.163. The van der Waals surface area contributed by atoms with Crippen molar-refractivity contribution in [3.05, 3.63) is 132 Å². The first-order valence-corrected chi connectivity index (χ1v) is 15.0. The fourth-order valence-corrected chi connectivity index (χ4v) is 4.76. The lowest BCUT2D eigenvalue weighted by Gasteiger charge is -2.27. The van der Waals surface area contributed by atoms with Crippen LogP contribution in [0.3, 0.4) is 0 Å². The minimum Gasteiger partial charge on any atom is -0.461 e. The van der Waals surface area contributed by atoms with Gasteiger partial charge in [0.05, 0.1) is 6.42 Å². The van der Waals surface area contributed by atoms with Crippen molar-refractivity contribution < 1.29 is 23.9 Å². The minimum absolute atomic E-state index is 0.0369. The summed E-state index contributed by atoms with van der Waals surface area (Å²) < 4.78 is 11.1. The van der Waals surface area contributed by atoms with Crippen molar-refractivity contribution in [3.8, 4) is 11.1 Å². The molecule has 0 radical (unpaired) electrons. The molecule has 0 fully saturated rings. The van der Waals surface area contributed by atoms with E-state index in [2.05, 4.69) is 5.32 Å². The molecular formula is C37H40N2O5. The van der Waals surface area contributed by atoms with Crippen LogP contribution >= 0.6 is 0 Å². The van der Waals surface area contributed by atoms with Crippen molar-refractivity contribution in [1.29, 1.82) is 0 Å². The van der Waals surface area contributed by atoms with Crippen molar-refractivity contribution in [2.45, 2.75) is 45.9 Å². The summed E-state index contributed by atoms with van der Waals surface area (Å²) in [6.07, 6.45) is 0.282. The number of ether oxygens (including phenoxy) is 2. The van der Waals surface area contributed by atoms with E-state index in [1.54, 1.807) is 4.90 Å². The van der Waals surface area contributed by atoms with Gasteiger partial charge in [0.1, 0.15) is 19.3 Å². The molecule has 0 aliphatic carbocycles. The van der Waals surface area contributed by atoms with Crippen LogP contribution in [-0.4, -0.2) is 42.0 Å². The van der Waals surface area contributed by atoms with Gasteiger partial charge in [-0.2, -0.15) is 0 Å². The number of esters is 2. The van der Waals surface area contributed by atoms with E-state index < -0.39 is 24.0 Å². The highest BCUT2D eigenvalue weighted by molar-refractivity contribution is 5.84. The topological polar surface area (TPSA) is 84.9 Å². The molecule has 4 aromatic rings. The van der Waals surface area contributed by atoms with E-state index in [4.69, 9.17) is 9.47 Å². The van der Waals surface area contributed by atoms with Gasteiger partial charge >= 0.3 is 18.0 Å². The number of carbonyl (C=O) groups is 3. The van der Waals surface area contributed by atoms with Crippen molar-refractivity contribution >= 4 is 18.0 Å². The second-order valence-electron chi connectivity index (χ2n) is 11.1. The molecule has 4 aromatic carbocycles. The van der Waals surface area contributed by atoms with Gasteiger partial charge in [0.25, 0.3) is 0 Å². The smallest absolute Gasteiger partial charge is 0.329 e. The van der Waals surface area contributed by atoms with Crippen LogP contribution in [0.25, 0.3) is 11.1 Å². The summed E-state index contributed by atoms with van der Waals surface area (Å²) in [5.41, 5.74) is 4.71. The molecule has 7 nitrogen and oxygen atoms in total. The fourth-order valence-electron chi connectivity index (χ4n) is 4.76. The first-order valence-electron chi connectivity index (χ1n) is 15.0. The fraction of sp³-hybridized carbons (Fsp3) is 0.270. The Bertz CT molecular complexity index is 1480. The maximum absolute atomic E-state index is 13.6. The number of hydrogen-bond acceptors (Lipinski definition) is 5. The molecule has 4 rings (SSSR count). The number of benzene rings is 4. The number of nitrogens with one attached hydrogen (secondary N) is 1. The molecule has 0 spiro atoms. The number of rotatable bonds is 14. The van der Waals surface area contributed by atoms with Crippen LogP contribution in [0.5, 0.6) is 0 Å². The highest BCUT2D eigenvalue weighted by atomic mass is 16.5. The van der Waals surface area contributed by atoms with Gasteiger partial charge in [-0.1, -0.05) is 129 Å². The summed E-state index contributed by atoms with van der Waals surface area (Å²) in [6, 6.07) is 35.4. The highest BCUT2D eigenvalue weighted by Crippen LogP contribution is 2.21. The van der Waals surface area contributed by atoms with Crippen molar-refractivity contribution in [1.82, 2.24) is 10.2 Å². The van der Waals surface area contributed by atoms with Crippen molar-refractivity contribution in [2.24, 2.45) is 5.92 Å². The van der Waals surface area contributed by atoms with Gasteiger partial charge in [-0.05, 0) is 33.7 Å². The molecule has 1 N–H and O–H groups in total. The van der Waals surface area contributed by atoms with E-state index in [0.717, 1.165) is 27.8 Å². The van der Waals surface area contributed by atoms with Crippen LogP contribution in [0.2, 0.25) is 0 Å². The van der Waals surface area contributed by atoms with Gasteiger partial charge in [-0.15, -0.1) is 0 Å². The van der Waals surface area contributed by atoms with Gasteiger partial charge in [-0.25, -0.2) is 9.59 Å². The lowest BCUT2D eigenvalue weighted by Crippen LogP contribution is -2.50. The molecule has 44 heavy (non-hydrogen) atoms. The molecule has 0 saturated carbocycles. The molecule has 0 heterocycles. The Morgan fingerprint density at radius 3 is 1.84 bits per heavy atom. The van der Waals surface area contributed by atoms with Gasteiger partial charge in [0, 0.05) is 19.5 Å². The summed E-state index contributed by atoms with van der Waals surface area (Å²) in [6.45, 7) is 4.83. The average molecular weight is 593 g/mol. The third-order valence-electron chi connectivity index (χ3n) is 6.98. The second-order valence-corrected chi connectivity index (χ2v) is 11.1. The monoisotopic (exact) mass is 592 g/mol. The number of nitrogens with zero attached hydrogens (tertiary/aromatic N) is 1. The maximum Gasteiger partial charge on any atom is 0.329 e. The molecule has 228 valence electrons. The van der Waals surface area contributed by atoms with E-state index in [9.17, 15) is 14.4 Å². The van der Waals surface area contributed by atoms with Crippen LogP contribution in [-0.2, 0) is 38.7 Å². The third-order valence-corrected chi connectivity index (χ3v) is 6.98. The lowest BCUT2D eigenvalue weighted by atomic mass is 9.99. The number of urea groups is 1. The highest BCUT2D eigenvalue weighted by Gasteiger charge is 2.26. The summed E-state index contributed by atoms with van der Waals surface area (Å²) in [5.74, 6) is -0.779. The molecule has 0 aromatic heterocycles. The summed E-state index contributed by atoms with van der Waals surface area (Å²) >= 11 is 0. The number of carbonyl (C=O) groups excluding carboxylic acids is 3. The zero-order valence-electron chi connectivity index (χ0n) is 25.4. The Morgan fingerprint density at radius 2 is 1.23 bits per heavy atom. The van der Waals surface area contributed by atoms with Crippen LogP contribution in [0.15, 0.2) is 115 Å². The molecule has 0 aliphatic heterocycles. The second kappa shape index (κ2) is 16.7. The molecule has 1 atom stereocenters. The predicted molar refractivity (Wildman–Crippen MR) is 171 cm³/mol. The largest absolute Gasteiger partial charge is 0.461 e. The average Bonchev–Trinajstić information content (AvgIpc) is 3.05. The van der Waals surface area contributed by atoms with E-state index >= 15 is 0 Å². The first kappa shape index (κ1) is 32.0. The van der Waals surface area contributed by atoms with Crippen LogP contribution in [0, 0.1) is 5.92 Å². The Hall–Kier alpha value is -4.91. The zero-order valence-corrected chi connectivity index (χ0v) is 25.4. The predicted octanol–water partition coefficient (Wildman–Crippen LogP) is 6.81. The van der Waals surface area contributed by atoms with Crippen molar-refractivity contribution in [3.63, 3.8) is 0 Å².